The lowest BCUT2D eigenvalue weighted by molar-refractivity contribution is -0.139. The largest absolute Gasteiger partial charge is 0.486 e. The molecule has 10 nitrogen and oxygen atoms in total. The number of hydrogen-bond donors (Lipinski definition) is 3. The molecule has 0 bridgehead atoms. The average Bonchev–Trinajstić information content (AvgIpc) is 3.19. The molecule has 1 aliphatic rings. The first-order valence-electron chi connectivity index (χ1n) is 11.1. The minimum Gasteiger partial charge on any atom is -0.486 e. The van der Waals surface area contributed by atoms with Gasteiger partial charge in [0.1, 0.15) is 18.7 Å². The molecule has 3 heterocycles. The van der Waals surface area contributed by atoms with E-state index in [0.29, 0.717) is 58.3 Å². The van der Waals surface area contributed by atoms with Crippen molar-refractivity contribution in [2.45, 2.75) is 6.04 Å². The highest BCUT2D eigenvalue weighted by Crippen LogP contribution is 2.37. The number of benzene rings is 2. The molecular weight excluding hydrogens is 469 g/mol. The van der Waals surface area contributed by atoms with Crippen LogP contribution in [-0.2, 0) is 11.8 Å². The number of aryl methyl sites for hydroxylation is 1. The number of pyridine rings is 1. The van der Waals surface area contributed by atoms with Gasteiger partial charge in [0.05, 0.1) is 17.8 Å². The van der Waals surface area contributed by atoms with Gasteiger partial charge in [-0.1, -0.05) is 18.2 Å². The summed E-state index contributed by atoms with van der Waals surface area (Å²) in [5.74, 6) is -0.127. The Morgan fingerprint density at radius 2 is 2.06 bits per heavy atom. The summed E-state index contributed by atoms with van der Waals surface area (Å²) in [6, 6.07) is 10.8. The molecule has 0 amide bonds. The molecule has 0 fully saturated rings. The van der Waals surface area contributed by atoms with Crippen molar-refractivity contribution in [1.29, 1.82) is 0 Å². The number of carboxylic acids is 1. The van der Waals surface area contributed by atoms with E-state index >= 15 is 4.39 Å². The summed E-state index contributed by atoms with van der Waals surface area (Å²) in [5.41, 5.74) is 2.92. The van der Waals surface area contributed by atoms with Gasteiger partial charge in [0.2, 0.25) is 0 Å². The number of anilines is 2. The molecule has 0 unspecified atom stereocenters. The van der Waals surface area contributed by atoms with Gasteiger partial charge in [0, 0.05) is 30.6 Å². The van der Waals surface area contributed by atoms with Crippen molar-refractivity contribution >= 4 is 34.7 Å². The third kappa shape index (κ3) is 4.43. The summed E-state index contributed by atoms with van der Waals surface area (Å²) in [5, 5.41) is 25.6. The molecule has 0 saturated heterocycles. The molecular formula is C25H22FN5O5. The van der Waals surface area contributed by atoms with Gasteiger partial charge in [-0.2, -0.15) is 5.10 Å². The number of ether oxygens (including phenoxy) is 2. The number of hydrogen-bond acceptors (Lipinski definition) is 8. The molecule has 1 atom stereocenters. The highest BCUT2D eigenvalue weighted by Gasteiger charge is 2.18. The van der Waals surface area contributed by atoms with Crippen molar-refractivity contribution in [1.82, 2.24) is 14.8 Å². The molecule has 0 saturated carbocycles. The summed E-state index contributed by atoms with van der Waals surface area (Å²) in [4.78, 5) is 19.3. The second kappa shape index (κ2) is 9.62. The van der Waals surface area contributed by atoms with E-state index in [1.807, 2.05) is 0 Å². The number of carboxylic acid groups (broad SMARTS) is 1. The van der Waals surface area contributed by atoms with Gasteiger partial charge in [0.25, 0.3) is 0 Å². The third-order valence-corrected chi connectivity index (χ3v) is 5.68. The average molecular weight is 491 g/mol. The number of fused-ring (bicyclic) bond motifs is 2. The zero-order valence-electron chi connectivity index (χ0n) is 19.2. The lowest BCUT2D eigenvalue weighted by Crippen LogP contribution is -2.22. The number of aliphatic hydroxyl groups excluding tert-OH is 1. The number of aliphatic hydroxyl groups is 1. The van der Waals surface area contributed by atoms with Crippen LogP contribution in [0.3, 0.4) is 0 Å². The molecule has 36 heavy (non-hydrogen) atoms. The fourth-order valence-corrected chi connectivity index (χ4v) is 3.86. The van der Waals surface area contributed by atoms with Gasteiger partial charge in [-0.3, -0.25) is 9.67 Å². The minimum atomic E-state index is -1.26. The monoisotopic (exact) mass is 491 g/mol. The topological polar surface area (TPSA) is 131 Å². The number of nitrogens with zero attached hydrogens (tertiary/aromatic N) is 4. The standard InChI is InChI=1S/C25H22FN5O5/c1-31-19-9-14(11-27-18(13-32)25(33)34)12-28-23(19)24(30-31)29-17-4-2-3-16(22(17)26)15-5-6-20-21(10-15)36-8-7-35-20/h2-6,9-12,18,32H,7-8,13H2,1H3,(H,29,30)(H,33,34)/t18-/m0/s1. The number of aliphatic carboxylic acids is 1. The molecule has 5 rings (SSSR count). The minimum absolute atomic E-state index is 0.224. The van der Waals surface area contributed by atoms with Crippen LogP contribution in [0.5, 0.6) is 11.5 Å². The first-order valence-corrected chi connectivity index (χ1v) is 11.1. The van der Waals surface area contributed by atoms with Gasteiger partial charge in [-0.15, -0.1) is 0 Å². The van der Waals surface area contributed by atoms with E-state index in [1.165, 1.54) is 12.4 Å². The third-order valence-electron chi connectivity index (χ3n) is 5.68. The molecule has 184 valence electrons. The molecule has 2 aromatic carbocycles. The first kappa shape index (κ1) is 23.2. The Balaban J connectivity index is 1.44. The molecule has 1 aliphatic heterocycles. The van der Waals surface area contributed by atoms with E-state index in [2.05, 4.69) is 20.4 Å². The van der Waals surface area contributed by atoms with Crippen molar-refractivity contribution in [3.8, 4) is 22.6 Å². The summed E-state index contributed by atoms with van der Waals surface area (Å²) in [6.07, 6.45) is 2.83. The van der Waals surface area contributed by atoms with Crippen LogP contribution in [0.2, 0.25) is 0 Å². The lowest BCUT2D eigenvalue weighted by atomic mass is 10.0. The van der Waals surface area contributed by atoms with Crippen LogP contribution in [-0.4, -0.2) is 63.0 Å². The smallest absolute Gasteiger partial charge is 0.330 e. The molecule has 3 N–H and O–H groups in total. The number of nitrogens with one attached hydrogen (secondary N) is 1. The fraction of sp³-hybridized carbons (Fsp3) is 0.200. The second-order valence-corrected chi connectivity index (χ2v) is 8.07. The fourth-order valence-electron chi connectivity index (χ4n) is 3.86. The normalized spacial score (nSPS) is 13.8. The SMILES string of the molecule is Cn1nc(Nc2cccc(-c3ccc4c(c3)OCCO4)c2F)c2ncc(C=N[C@@H](CO)C(=O)O)cc21. The second-order valence-electron chi connectivity index (χ2n) is 8.07. The van der Waals surface area contributed by atoms with Crippen molar-refractivity contribution in [2.24, 2.45) is 12.0 Å². The van der Waals surface area contributed by atoms with Crippen molar-refractivity contribution < 1.29 is 28.9 Å². The number of aromatic nitrogens is 3. The van der Waals surface area contributed by atoms with E-state index in [4.69, 9.17) is 19.7 Å². The predicted molar refractivity (Wildman–Crippen MR) is 131 cm³/mol. The van der Waals surface area contributed by atoms with E-state index in [1.54, 1.807) is 54.2 Å². The van der Waals surface area contributed by atoms with Crippen molar-refractivity contribution in [3.05, 3.63) is 60.0 Å². The maximum atomic E-state index is 15.5. The highest BCUT2D eigenvalue weighted by atomic mass is 19.1. The van der Waals surface area contributed by atoms with E-state index in [-0.39, 0.29) is 5.69 Å². The number of aliphatic imine (C=N–C) groups is 1. The Morgan fingerprint density at radius 3 is 2.83 bits per heavy atom. The molecule has 0 spiro atoms. The van der Waals surface area contributed by atoms with Crippen LogP contribution in [0.25, 0.3) is 22.2 Å². The Labute approximate surface area is 204 Å². The Bertz CT molecular complexity index is 1490. The molecule has 0 aliphatic carbocycles. The maximum absolute atomic E-state index is 15.5. The van der Waals surface area contributed by atoms with Crippen LogP contribution in [0, 0.1) is 5.82 Å². The molecule has 4 aromatic rings. The molecule has 0 radical (unpaired) electrons. The van der Waals surface area contributed by atoms with E-state index in [9.17, 15) is 4.79 Å². The first-order chi connectivity index (χ1) is 17.4. The Morgan fingerprint density at radius 1 is 1.25 bits per heavy atom. The zero-order chi connectivity index (χ0) is 25.2. The lowest BCUT2D eigenvalue weighted by Gasteiger charge is -2.19. The number of carbonyl (C=O) groups is 1. The van der Waals surface area contributed by atoms with Crippen molar-refractivity contribution in [2.75, 3.05) is 25.1 Å². The van der Waals surface area contributed by atoms with Gasteiger partial charge < -0.3 is 25.0 Å². The Kier molecular flexibility index (Phi) is 6.21. The molecule has 11 heteroatoms. The maximum Gasteiger partial charge on any atom is 0.330 e. The van der Waals surface area contributed by atoms with Crippen LogP contribution >= 0.6 is 0 Å². The van der Waals surface area contributed by atoms with Crippen LogP contribution in [0.15, 0.2) is 53.7 Å². The summed E-state index contributed by atoms with van der Waals surface area (Å²) in [7, 11) is 1.71. The number of rotatable bonds is 7. The van der Waals surface area contributed by atoms with Gasteiger partial charge in [-0.25, -0.2) is 14.2 Å². The summed E-state index contributed by atoms with van der Waals surface area (Å²) >= 11 is 0. The van der Waals surface area contributed by atoms with Crippen LogP contribution < -0.4 is 14.8 Å². The van der Waals surface area contributed by atoms with Gasteiger partial charge >= 0.3 is 5.97 Å². The molecule has 2 aromatic heterocycles. The quantitative estimate of drug-likeness (QED) is 0.336. The van der Waals surface area contributed by atoms with E-state index in [0.717, 1.165) is 0 Å². The van der Waals surface area contributed by atoms with Crippen LogP contribution in [0.4, 0.5) is 15.9 Å². The number of halogens is 1. The Hall–Kier alpha value is -4.51. The zero-order valence-corrected chi connectivity index (χ0v) is 19.2. The van der Waals surface area contributed by atoms with Gasteiger partial charge in [-0.05, 0) is 29.8 Å². The predicted octanol–water partition coefficient (Wildman–Crippen LogP) is 3.15. The summed E-state index contributed by atoms with van der Waals surface area (Å²) in [6.45, 7) is 0.305. The van der Waals surface area contributed by atoms with Crippen molar-refractivity contribution in [3.63, 3.8) is 0 Å². The van der Waals surface area contributed by atoms with Crippen LogP contribution in [0.1, 0.15) is 5.56 Å². The van der Waals surface area contributed by atoms with Gasteiger partial charge in [0.15, 0.2) is 29.2 Å². The summed E-state index contributed by atoms with van der Waals surface area (Å²) < 4.78 is 28.3. The van der Waals surface area contributed by atoms with E-state index < -0.39 is 24.4 Å². The highest BCUT2D eigenvalue weighted by molar-refractivity contribution is 5.93.